The highest BCUT2D eigenvalue weighted by Gasteiger charge is 2.51. The van der Waals surface area contributed by atoms with Gasteiger partial charge in [0.1, 0.15) is 56.6 Å². The monoisotopic (exact) mass is 1580 g/mol. The maximum absolute atomic E-state index is 12.6. The van der Waals surface area contributed by atoms with Gasteiger partial charge in [-0.2, -0.15) is 10.1 Å². The fourth-order valence-electron chi connectivity index (χ4n) is 19.7. The summed E-state index contributed by atoms with van der Waals surface area (Å²) in [6, 6.07) is 0. The van der Waals surface area contributed by atoms with Crippen molar-refractivity contribution in [1.29, 1.82) is 0 Å². The van der Waals surface area contributed by atoms with E-state index in [0.29, 0.717) is 52.0 Å². The van der Waals surface area contributed by atoms with Crippen LogP contribution in [0.1, 0.15) is 365 Å². The van der Waals surface area contributed by atoms with E-state index < -0.39 is 23.9 Å². The van der Waals surface area contributed by atoms with Gasteiger partial charge in [-0.3, -0.25) is 48.1 Å². The summed E-state index contributed by atoms with van der Waals surface area (Å²) < 4.78 is 45.0. The number of likely N-dealkylation sites (tertiary alicyclic amines) is 1. The van der Waals surface area contributed by atoms with Gasteiger partial charge in [0.15, 0.2) is 0 Å². The number of nitrogens with zero attached hydrogens (tertiary/aromatic N) is 3. The first-order valence-corrected chi connectivity index (χ1v) is 41.1. The fourth-order valence-corrected chi connectivity index (χ4v) is 19.7. The highest BCUT2D eigenvalue weighted by atomic mass is 16.7. The van der Waals surface area contributed by atoms with E-state index >= 15 is 0 Å². The lowest BCUT2D eigenvalue weighted by atomic mass is 9.78. The van der Waals surface area contributed by atoms with E-state index in [2.05, 4.69) is 208 Å². The molecule has 0 unspecified atom stereocenters. The summed E-state index contributed by atoms with van der Waals surface area (Å²) in [5.74, 6) is -1.84. The molecular formula is C88H168N6O17. The van der Waals surface area contributed by atoms with Crippen molar-refractivity contribution in [3.8, 4) is 0 Å². The normalized spacial score (nSPS) is 25.2. The number of ether oxygens (including phenoxy) is 8. The van der Waals surface area contributed by atoms with Crippen molar-refractivity contribution in [2.75, 3.05) is 33.0 Å². The van der Waals surface area contributed by atoms with Gasteiger partial charge in [-0.15, -0.1) is 0 Å². The zero-order chi connectivity index (χ0) is 82.4. The molecule has 7 aliphatic rings. The van der Waals surface area contributed by atoms with Crippen LogP contribution in [-0.2, 0) is 81.1 Å². The molecule has 6 saturated heterocycles. The molecule has 0 radical (unpaired) electrons. The van der Waals surface area contributed by atoms with Gasteiger partial charge in [0.05, 0.1) is 43.7 Å². The van der Waals surface area contributed by atoms with Crippen molar-refractivity contribution in [2.24, 2.45) is 17.8 Å². The minimum absolute atomic E-state index is 0. The van der Waals surface area contributed by atoms with Crippen LogP contribution >= 0.6 is 0 Å². The number of esters is 7. The van der Waals surface area contributed by atoms with Crippen molar-refractivity contribution in [3.05, 3.63) is 0 Å². The summed E-state index contributed by atoms with van der Waals surface area (Å²) in [5, 5.41) is 14.8. The van der Waals surface area contributed by atoms with Gasteiger partial charge in [-0.1, -0.05) is 49.5 Å². The Labute approximate surface area is 676 Å². The average Bonchev–Trinajstić information content (AvgIpc) is 0.781. The Hall–Kier alpha value is -4.07. The molecule has 0 aromatic rings. The van der Waals surface area contributed by atoms with Gasteiger partial charge < -0.3 is 53.8 Å². The predicted octanol–water partition coefficient (Wildman–Crippen LogP) is 17.0. The summed E-state index contributed by atoms with van der Waals surface area (Å²) in [6.07, 6.45) is 13.8. The molecule has 0 bridgehead atoms. The van der Waals surface area contributed by atoms with Crippen molar-refractivity contribution in [1.82, 2.24) is 31.0 Å². The highest BCUT2D eigenvalue weighted by molar-refractivity contribution is 5.92. The van der Waals surface area contributed by atoms with Crippen LogP contribution in [0, 0.1) is 17.8 Å². The third-order valence-electron chi connectivity index (χ3n) is 21.9. The Bertz CT molecular complexity index is 2700. The molecule has 652 valence electrons. The molecule has 6 heterocycles. The number of piperidine rings is 6. The molecule has 0 spiro atoms. The third kappa shape index (κ3) is 35.3. The molecule has 0 atom stereocenters. The van der Waals surface area contributed by atoms with Gasteiger partial charge in [0, 0.05) is 137 Å². The molecule has 0 aromatic heterocycles. The molecule has 0 aromatic carbocycles. The van der Waals surface area contributed by atoms with Gasteiger partial charge >= 0.3 is 41.8 Å². The second-order valence-corrected chi connectivity index (χ2v) is 40.7. The maximum Gasteiger partial charge on any atom is 0.317 e. The van der Waals surface area contributed by atoms with Gasteiger partial charge in [-0.25, -0.2) is 0 Å². The van der Waals surface area contributed by atoms with Gasteiger partial charge in [0.2, 0.25) is 0 Å². The Kier molecular flexibility index (Phi) is 40.0. The van der Waals surface area contributed by atoms with Crippen LogP contribution in [0.5, 0.6) is 0 Å². The zero-order valence-electron chi connectivity index (χ0n) is 73.7. The SMILES string of the molecule is C.C.C.CC(C)OC1CC(C)(C)N(CCOC(=O)CCOC(=O)C(C)C)C(C)(C)C1.CC1(C)CC(OC(=O)CC(=O)OC2CC(C)(C)NC(C)(C)C2)CC(C)(C)N1.CCC1CCC(C(=O)OC2CC(C)(C)NC(C)(C)C2)CC1.CCON1C(C)(C)CC(OC(=O)CC(=O)OC2CC(C)(C)N(OCC)C(C)(C)C2)CC1(C)C. The molecule has 0 amide bonds. The minimum Gasteiger partial charge on any atom is -0.465 e. The molecule has 3 N–H and O–H groups in total. The van der Waals surface area contributed by atoms with Crippen LogP contribution in [0.3, 0.4) is 0 Å². The standard InChI is InChI=1S/C25H46N2O6.C21H38N2O4.C21H39NO5.C18H33NO2.3CH4/c1-11-30-26-22(3,4)14-18(15-23(26,5)6)32-20(28)13-21(29)33-19-16-24(7,8)27(31-12-2)25(9,10)17-19;1-18(2)10-14(11-19(3,4)22-18)26-16(24)9-17(25)27-15-12-20(5,6)23-21(7,8)13-15;1-15(2)19(24)26-11-9-18(23)25-12-10-22-20(5,6)13-17(27-16(3)4)14-21(22,7)8;1-6-13-7-9-14(10-8-13)16(20)21-15-11-17(2,3)19-18(4,5)12-15;;;/h18-19H,11-17H2,1-10H3;14-15,22-23H,9-13H2,1-8H3;15-17H,9-14H2,1-8H3;13-15,19H,6-12H2,1-5H3;3*1H4. The maximum atomic E-state index is 12.6. The van der Waals surface area contributed by atoms with E-state index in [1.165, 1.54) is 19.3 Å². The Morgan fingerprint density at radius 2 is 0.667 bits per heavy atom. The third-order valence-corrected chi connectivity index (χ3v) is 21.9. The van der Waals surface area contributed by atoms with Gasteiger partial charge in [-0.05, 0) is 238 Å². The zero-order valence-corrected chi connectivity index (χ0v) is 73.7. The topological polar surface area (TPSA) is 258 Å². The van der Waals surface area contributed by atoms with E-state index in [1.807, 2.05) is 24.0 Å². The average molecular weight is 1580 g/mol. The first kappa shape index (κ1) is 105. The van der Waals surface area contributed by atoms with E-state index in [9.17, 15) is 33.6 Å². The Morgan fingerprint density at radius 3 is 0.955 bits per heavy atom. The lowest BCUT2D eigenvalue weighted by Crippen LogP contribution is -2.63. The van der Waals surface area contributed by atoms with Crippen molar-refractivity contribution >= 4 is 41.8 Å². The van der Waals surface area contributed by atoms with Crippen molar-refractivity contribution < 1.29 is 81.1 Å². The van der Waals surface area contributed by atoms with E-state index in [0.717, 1.165) is 70.1 Å². The van der Waals surface area contributed by atoms with Crippen LogP contribution in [0.4, 0.5) is 0 Å². The molecule has 111 heavy (non-hydrogen) atoms. The van der Waals surface area contributed by atoms with Crippen LogP contribution in [-0.4, -0.2) is 199 Å². The van der Waals surface area contributed by atoms with E-state index in [-0.39, 0.29) is 187 Å². The number of hydrogen-bond acceptors (Lipinski definition) is 23. The smallest absolute Gasteiger partial charge is 0.317 e. The molecule has 7 rings (SSSR count). The van der Waals surface area contributed by atoms with Crippen molar-refractivity contribution in [3.63, 3.8) is 0 Å². The van der Waals surface area contributed by atoms with Crippen molar-refractivity contribution in [2.45, 2.75) is 475 Å². The molecule has 6 aliphatic heterocycles. The van der Waals surface area contributed by atoms with E-state index in [1.54, 1.807) is 13.8 Å². The second kappa shape index (κ2) is 42.4. The second-order valence-electron chi connectivity index (χ2n) is 40.7. The summed E-state index contributed by atoms with van der Waals surface area (Å²) >= 11 is 0. The summed E-state index contributed by atoms with van der Waals surface area (Å²) in [7, 11) is 0. The van der Waals surface area contributed by atoms with Crippen LogP contribution in [0.15, 0.2) is 0 Å². The predicted molar refractivity (Wildman–Crippen MR) is 443 cm³/mol. The number of hydroxylamine groups is 4. The largest absolute Gasteiger partial charge is 0.465 e. The Balaban J connectivity index is 0.000000741. The number of carbonyl (C=O) groups is 7. The molecule has 23 heteroatoms. The lowest BCUT2D eigenvalue weighted by Gasteiger charge is -2.55. The lowest BCUT2D eigenvalue weighted by molar-refractivity contribution is -0.291. The van der Waals surface area contributed by atoms with Gasteiger partial charge in [0.25, 0.3) is 0 Å². The fraction of sp³-hybridized carbons (Fsp3) is 0.920. The summed E-state index contributed by atoms with van der Waals surface area (Å²) in [5.41, 5.74) is -1.65. The number of hydrogen-bond donors (Lipinski definition) is 3. The molecular weight excluding hydrogens is 1410 g/mol. The Morgan fingerprint density at radius 1 is 0.369 bits per heavy atom. The summed E-state index contributed by atoms with van der Waals surface area (Å²) in [6.45, 7) is 67.2. The quantitative estimate of drug-likeness (QED) is 0.0461. The van der Waals surface area contributed by atoms with Crippen LogP contribution in [0.2, 0.25) is 0 Å². The molecule has 1 saturated carbocycles. The number of rotatable bonds is 24. The van der Waals surface area contributed by atoms with E-state index in [4.69, 9.17) is 47.6 Å². The highest BCUT2D eigenvalue weighted by Crippen LogP contribution is 2.44. The first-order chi connectivity index (χ1) is 49.2. The minimum atomic E-state index is -0.535. The van der Waals surface area contributed by atoms with Crippen LogP contribution < -0.4 is 16.0 Å². The molecule has 1 aliphatic carbocycles. The number of carbonyl (C=O) groups excluding carboxylic acids is 7. The molecule has 23 nitrogen and oxygen atoms in total. The number of nitrogens with one attached hydrogen (secondary N) is 3. The summed E-state index contributed by atoms with van der Waals surface area (Å²) in [4.78, 5) is 99.6. The molecule has 7 fully saturated rings. The van der Waals surface area contributed by atoms with Crippen LogP contribution in [0.25, 0.3) is 0 Å². The first-order valence-electron chi connectivity index (χ1n) is 41.1.